The van der Waals surface area contributed by atoms with E-state index in [1.807, 2.05) is 0 Å². The van der Waals surface area contributed by atoms with Crippen molar-refractivity contribution >= 4 is 11.9 Å². The van der Waals surface area contributed by atoms with E-state index in [-0.39, 0.29) is 11.1 Å². The molecule has 0 aliphatic carbocycles. The third kappa shape index (κ3) is 5.68. The Bertz CT molecular complexity index is 1410. The number of nitrogens with zero attached hydrogens (tertiary/aromatic N) is 1. The maximum Gasteiger partial charge on any atom is 0.423 e. The van der Waals surface area contributed by atoms with Gasteiger partial charge in [0, 0.05) is 13.3 Å². The molecular weight excluding hydrogens is 513 g/mol. The first-order valence-electron chi connectivity index (χ1n) is 11.2. The first kappa shape index (κ1) is 26.8. The number of alkyl halides is 3. The summed E-state index contributed by atoms with van der Waals surface area (Å²) in [6.07, 6.45) is -10.3. The van der Waals surface area contributed by atoms with Crippen LogP contribution in [-0.4, -0.2) is 53.5 Å². The van der Waals surface area contributed by atoms with Crippen LogP contribution in [0.4, 0.5) is 13.2 Å². The highest BCUT2D eigenvalue weighted by Gasteiger charge is 2.50. The Kier molecular flexibility index (Phi) is 7.78. The van der Waals surface area contributed by atoms with E-state index < -0.39 is 66.1 Å². The molecule has 0 radical (unpaired) electrons. The molecule has 1 aliphatic rings. The zero-order valence-corrected chi connectivity index (χ0v) is 19.7. The number of carbonyl (C=O) groups excluding carboxylic acids is 2. The lowest BCUT2D eigenvalue weighted by atomic mass is 10.1. The zero-order chi connectivity index (χ0) is 27.4. The van der Waals surface area contributed by atoms with Crippen molar-refractivity contribution in [1.29, 1.82) is 0 Å². The lowest BCUT2D eigenvalue weighted by Gasteiger charge is -2.24. The van der Waals surface area contributed by atoms with Crippen molar-refractivity contribution in [2.45, 2.75) is 30.7 Å². The molecule has 0 saturated carbocycles. The average Bonchev–Trinajstić information content (AvgIpc) is 3.24. The molecule has 3 aromatic rings. The molecule has 4 atom stereocenters. The Morgan fingerprint density at radius 2 is 1.53 bits per heavy atom. The van der Waals surface area contributed by atoms with Gasteiger partial charge in [-0.25, -0.2) is 14.4 Å². The molecule has 0 amide bonds. The average molecular weight is 534 g/mol. The molecule has 2 aromatic carbocycles. The number of aromatic amines is 1. The number of aromatic nitrogens is 2. The number of methoxy groups -OCH3 is 1. The number of halogens is 3. The van der Waals surface area contributed by atoms with Crippen molar-refractivity contribution in [2.24, 2.45) is 0 Å². The van der Waals surface area contributed by atoms with Crippen LogP contribution in [-0.2, 0) is 25.1 Å². The topological polar surface area (TPSA) is 126 Å². The fourth-order valence-electron chi connectivity index (χ4n) is 3.92. The molecule has 2 heterocycles. The van der Waals surface area contributed by atoms with Crippen LogP contribution in [0, 0.1) is 0 Å². The molecule has 200 valence electrons. The normalized spacial score (nSPS) is 21.2. The monoisotopic (exact) mass is 534 g/mol. The molecule has 0 unspecified atom stereocenters. The van der Waals surface area contributed by atoms with E-state index in [2.05, 4.69) is 0 Å². The molecule has 38 heavy (non-hydrogen) atoms. The fraction of sp³-hybridized carbons (Fsp3) is 0.280. The van der Waals surface area contributed by atoms with Crippen molar-refractivity contribution < 1.29 is 41.7 Å². The van der Waals surface area contributed by atoms with Gasteiger partial charge in [-0.15, -0.1) is 0 Å². The number of H-pyrrole nitrogens is 1. The number of hydrogen-bond acceptors (Lipinski definition) is 8. The summed E-state index contributed by atoms with van der Waals surface area (Å²) in [5.41, 5.74) is -4.12. The predicted molar refractivity (Wildman–Crippen MR) is 123 cm³/mol. The Balaban J connectivity index is 1.67. The van der Waals surface area contributed by atoms with Crippen LogP contribution < -0.4 is 11.2 Å². The summed E-state index contributed by atoms with van der Waals surface area (Å²) in [6, 6.07) is 15.8. The van der Waals surface area contributed by atoms with Gasteiger partial charge in [0.15, 0.2) is 12.3 Å². The number of rotatable bonds is 7. The van der Waals surface area contributed by atoms with E-state index in [0.29, 0.717) is 10.8 Å². The van der Waals surface area contributed by atoms with Crippen LogP contribution >= 0.6 is 0 Å². The van der Waals surface area contributed by atoms with Gasteiger partial charge in [-0.05, 0) is 24.3 Å². The molecule has 4 rings (SSSR count). The molecule has 1 aromatic heterocycles. The number of nitrogens with one attached hydrogen (secondary N) is 1. The standard InChI is InChI=1S/C25H21F3N2O8/c1-35-19-18(38-23(33)15-10-6-3-7-11-15)17(13-36-22(32)14-8-4-2-5-9-14)37-21(19)30-12-16(25(26,27)28)20(31)29-24(30)34/h2-12,17-19,21H,13H2,1H3,(H,29,31,34)/t17-,18-,19-,21+/m1/s1. The summed E-state index contributed by atoms with van der Waals surface area (Å²) in [6.45, 7) is -0.499. The van der Waals surface area contributed by atoms with E-state index in [4.69, 9.17) is 18.9 Å². The highest BCUT2D eigenvalue weighted by Crippen LogP contribution is 2.34. The summed E-state index contributed by atoms with van der Waals surface area (Å²) in [5, 5.41) is 0. The van der Waals surface area contributed by atoms with Gasteiger partial charge >= 0.3 is 23.8 Å². The van der Waals surface area contributed by atoms with Crippen LogP contribution in [0.2, 0.25) is 0 Å². The SMILES string of the molecule is CO[C@@H]1[C@H](OC(=O)c2ccccc2)[C@@H](COC(=O)c2ccccc2)O[C@@H]1n1cc(C(F)(F)F)c(=O)[nH]c1=O. The smallest absolute Gasteiger partial charge is 0.423 e. The number of ether oxygens (including phenoxy) is 4. The van der Waals surface area contributed by atoms with Gasteiger partial charge in [0.1, 0.15) is 24.4 Å². The fourth-order valence-corrected chi connectivity index (χ4v) is 3.92. The minimum absolute atomic E-state index is 0.159. The first-order valence-corrected chi connectivity index (χ1v) is 11.2. The highest BCUT2D eigenvalue weighted by molar-refractivity contribution is 5.90. The van der Waals surface area contributed by atoms with Crippen LogP contribution in [0.5, 0.6) is 0 Å². The van der Waals surface area contributed by atoms with E-state index in [9.17, 15) is 32.3 Å². The lowest BCUT2D eigenvalue weighted by molar-refractivity contribution is -0.140. The second kappa shape index (κ2) is 11.0. The highest BCUT2D eigenvalue weighted by atomic mass is 19.4. The minimum atomic E-state index is -5.08. The Labute approximate surface area is 212 Å². The van der Waals surface area contributed by atoms with Gasteiger partial charge < -0.3 is 18.9 Å². The first-order chi connectivity index (χ1) is 18.1. The van der Waals surface area contributed by atoms with Crippen molar-refractivity contribution in [2.75, 3.05) is 13.7 Å². The van der Waals surface area contributed by atoms with E-state index in [1.54, 1.807) is 41.4 Å². The molecular formula is C25H21F3N2O8. The lowest BCUT2D eigenvalue weighted by Crippen LogP contribution is -2.42. The number of hydrogen-bond donors (Lipinski definition) is 1. The van der Waals surface area contributed by atoms with Crippen molar-refractivity contribution in [1.82, 2.24) is 9.55 Å². The maximum absolute atomic E-state index is 13.4. The van der Waals surface area contributed by atoms with Crippen molar-refractivity contribution in [3.63, 3.8) is 0 Å². The van der Waals surface area contributed by atoms with E-state index in [0.717, 1.165) is 0 Å². The van der Waals surface area contributed by atoms with Gasteiger partial charge in [0.2, 0.25) is 0 Å². The number of esters is 2. The van der Waals surface area contributed by atoms with Gasteiger partial charge in [-0.2, -0.15) is 13.2 Å². The maximum atomic E-state index is 13.4. The summed E-state index contributed by atoms with van der Waals surface area (Å²) in [4.78, 5) is 51.1. The largest absolute Gasteiger partial charge is 0.459 e. The summed E-state index contributed by atoms with van der Waals surface area (Å²) < 4.78 is 62.6. The quantitative estimate of drug-likeness (QED) is 0.459. The summed E-state index contributed by atoms with van der Waals surface area (Å²) >= 11 is 0. The van der Waals surface area contributed by atoms with Crippen LogP contribution in [0.15, 0.2) is 76.4 Å². The molecule has 1 aliphatic heterocycles. The molecule has 13 heteroatoms. The Morgan fingerprint density at radius 3 is 2.08 bits per heavy atom. The molecule has 10 nitrogen and oxygen atoms in total. The number of carbonyl (C=O) groups is 2. The number of benzene rings is 2. The zero-order valence-electron chi connectivity index (χ0n) is 19.7. The molecule has 1 fully saturated rings. The Morgan fingerprint density at radius 1 is 0.947 bits per heavy atom. The Hall–Kier alpha value is -4.23. The van der Waals surface area contributed by atoms with Crippen LogP contribution in [0.25, 0.3) is 0 Å². The molecule has 1 saturated heterocycles. The van der Waals surface area contributed by atoms with Crippen molar-refractivity contribution in [3.05, 3.63) is 104 Å². The summed E-state index contributed by atoms with van der Waals surface area (Å²) in [7, 11) is 1.17. The van der Waals surface area contributed by atoms with E-state index >= 15 is 0 Å². The van der Waals surface area contributed by atoms with Gasteiger partial charge in [-0.1, -0.05) is 36.4 Å². The molecule has 0 spiro atoms. The van der Waals surface area contributed by atoms with Crippen LogP contribution in [0.3, 0.4) is 0 Å². The van der Waals surface area contributed by atoms with Crippen molar-refractivity contribution in [3.8, 4) is 0 Å². The molecule has 1 N–H and O–H groups in total. The second-order valence-electron chi connectivity index (χ2n) is 8.17. The van der Waals surface area contributed by atoms with E-state index in [1.165, 1.54) is 31.4 Å². The van der Waals surface area contributed by atoms with Gasteiger partial charge in [0.25, 0.3) is 5.56 Å². The summed E-state index contributed by atoms with van der Waals surface area (Å²) in [5.74, 6) is -1.55. The predicted octanol–water partition coefficient (Wildman–Crippen LogP) is 2.55. The van der Waals surface area contributed by atoms with Gasteiger partial charge in [0.05, 0.1) is 11.1 Å². The third-order valence-corrected chi connectivity index (χ3v) is 5.75. The molecule has 0 bridgehead atoms. The van der Waals surface area contributed by atoms with Crippen LogP contribution in [0.1, 0.15) is 32.5 Å². The third-order valence-electron chi connectivity index (χ3n) is 5.75. The second-order valence-corrected chi connectivity index (χ2v) is 8.17. The van der Waals surface area contributed by atoms with Gasteiger partial charge in [-0.3, -0.25) is 14.3 Å². The minimum Gasteiger partial charge on any atom is -0.459 e.